The number of hydrogen-bond donors (Lipinski definition) is 0. The Balaban J connectivity index is 2.57. The molecule has 2 rings (SSSR count). The van der Waals surface area contributed by atoms with Crippen LogP contribution in [0.15, 0.2) is 39.7 Å². The molecule has 2 aromatic carbocycles. The summed E-state index contributed by atoms with van der Waals surface area (Å²) < 4.78 is 10.6. The van der Waals surface area contributed by atoms with Gasteiger partial charge < -0.3 is 9.99 Å². The fraction of sp³-hybridized carbons (Fsp3) is 0.0909. The van der Waals surface area contributed by atoms with Crippen molar-refractivity contribution >= 4 is 38.7 Å². The number of hydrogen-bond acceptors (Lipinski definition) is 5. The quantitative estimate of drug-likeness (QED) is 0.493. The topological polar surface area (TPSA) is 50.8 Å². The number of benzene rings is 2. The van der Waals surface area contributed by atoms with Gasteiger partial charge in [0.2, 0.25) is 0 Å². The Morgan fingerprint density at radius 1 is 1.24 bits per heavy atom. The fourth-order valence-corrected chi connectivity index (χ4v) is 2.53. The molecule has 0 atom stereocenters. The van der Waals surface area contributed by atoms with Crippen molar-refractivity contribution in [3.05, 3.63) is 34.8 Å². The average molecular weight is 316 g/mol. The first kappa shape index (κ1) is 12.7. The number of rotatable bonds is 4. The first-order valence-corrected chi connectivity index (χ1v) is 6.19. The predicted molar refractivity (Wildman–Crippen MR) is 66.2 cm³/mol. The van der Waals surface area contributed by atoms with Gasteiger partial charge in [-0.1, -0.05) is 28.1 Å². The van der Waals surface area contributed by atoms with Crippen molar-refractivity contribution in [1.82, 2.24) is 0 Å². The zero-order chi connectivity index (χ0) is 12.3. The highest BCUT2D eigenvalue weighted by molar-refractivity contribution is 9.10. The van der Waals surface area contributed by atoms with E-state index >= 15 is 0 Å². The van der Waals surface area contributed by atoms with Crippen LogP contribution in [0.4, 0.5) is 0 Å². The first-order valence-electron chi connectivity index (χ1n) is 4.65. The van der Waals surface area contributed by atoms with E-state index in [-0.39, 0.29) is 0 Å². The van der Waals surface area contributed by atoms with Crippen LogP contribution >= 0.6 is 28.0 Å². The largest absolute Gasteiger partial charge is 0.691 e. The summed E-state index contributed by atoms with van der Waals surface area (Å²) in [7, 11) is 1.56. The molecule has 0 amide bonds. The summed E-state index contributed by atoms with van der Waals surface area (Å²) in [6, 6.07) is 9.53. The molecule has 0 radical (unpaired) electrons. The van der Waals surface area contributed by atoms with Crippen LogP contribution in [-0.4, -0.2) is 7.11 Å². The molecule has 0 fully saturated rings. The van der Waals surface area contributed by atoms with Gasteiger partial charge in [-0.25, -0.2) is 0 Å². The molecule has 0 aliphatic heterocycles. The van der Waals surface area contributed by atoms with Crippen molar-refractivity contribution in [2.24, 2.45) is 0 Å². The van der Waals surface area contributed by atoms with Gasteiger partial charge in [0, 0.05) is 9.86 Å². The van der Waals surface area contributed by atoms with Crippen LogP contribution in [0, 0.1) is 0 Å². The maximum Gasteiger partial charge on any atom is 0.135 e. The lowest BCUT2D eigenvalue weighted by Crippen LogP contribution is -2.01. The molecule has 0 aliphatic rings. The molecule has 0 bridgehead atoms. The minimum atomic E-state index is 0.627. The van der Waals surface area contributed by atoms with Crippen LogP contribution in [0.25, 0.3) is 10.8 Å². The first-order chi connectivity index (χ1) is 8.26. The zero-order valence-electron chi connectivity index (χ0n) is 8.81. The molecule has 0 saturated heterocycles. The highest BCUT2D eigenvalue weighted by Crippen LogP contribution is 2.37. The van der Waals surface area contributed by atoms with Gasteiger partial charge >= 0.3 is 0 Å². The molecule has 0 spiro atoms. The van der Waals surface area contributed by atoms with E-state index < -0.39 is 0 Å². The normalized spacial score (nSPS) is 10.8. The van der Waals surface area contributed by atoms with Crippen LogP contribution in [0.3, 0.4) is 0 Å². The number of fused-ring (bicyclic) bond motifs is 1. The number of halogens is 1. The SMILES string of the molecule is COc1ccc2cc(Br)ccc2c1SOO[O-]. The standard InChI is InChI=1S/C11H9BrO4S/c1-14-10-5-2-7-6-8(12)3-4-9(7)11(10)17-16-15-13/h2-6,13H,1H3/p-1. The Morgan fingerprint density at radius 3 is 2.76 bits per heavy atom. The lowest BCUT2D eigenvalue weighted by atomic mass is 10.1. The van der Waals surface area contributed by atoms with Gasteiger partial charge in [-0.2, -0.15) is 4.33 Å². The van der Waals surface area contributed by atoms with Crippen LogP contribution in [0.1, 0.15) is 0 Å². The molecule has 0 saturated carbocycles. The van der Waals surface area contributed by atoms with Gasteiger partial charge in [0.1, 0.15) is 5.75 Å². The smallest absolute Gasteiger partial charge is 0.135 e. The van der Waals surface area contributed by atoms with Gasteiger partial charge in [0.15, 0.2) is 0 Å². The van der Waals surface area contributed by atoms with Crippen LogP contribution in [0.2, 0.25) is 0 Å². The molecule has 17 heavy (non-hydrogen) atoms. The van der Waals surface area contributed by atoms with Crippen molar-refractivity contribution < 1.29 is 19.4 Å². The summed E-state index contributed by atoms with van der Waals surface area (Å²) in [5.41, 5.74) is 0. The molecule has 6 heteroatoms. The molecule has 0 unspecified atom stereocenters. The third kappa shape index (κ3) is 2.72. The van der Waals surface area contributed by atoms with Gasteiger partial charge in [-0.15, -0.1) is 0 Å². The second kappa shape index (κ2) is 5.70. The molecule has 2 aromatic rings. The predicted octanol–water partition coefficient (Wildman–Crippen LogP) is 2.84. The van der Waals surface area contributed by atoms with E-state index in [1.807, 2.05) is 30.3 Å². The number of methoxy groups -OCH3 is 1. The van der Waals surface area contributed by atoms with E-state index in [1.165, 1.54) is 0 Å². The Labute approximate surface area is 111 Å². The maximum absolute atomic E-state index is 9.90. The van der Waals surface area contributed by atoms with E-state index in [0.29, 0.717) is 10.6 Å². The second-order valence-corrected chi connectivity index (χ2v) is 4.81. The summed E-state index contributed by atoms with van der Waals surface area (Å²) in [6.45, 7) is 0. The highest BCUT2D eigenvalue weighted by atomic mass is 79.9. The van der Waals surface area contributed by atoms with Gasteiger partial charge in [-0.05, 0) is 23.6 Å². The molecule has 0 aromatic heterocycles. The Hall–Kier alpha value is -0.790. The molecular weight excluding hydrogens is 308 g/mol. The molecule has 0 heterocycles. The van der Waals surface area contributed by atoms with Crippen molar-refractivity contribution in [2.45, 2.75) is 4.90 Å². The van der Waals surface area contributed by atoms with E-state index in [1.54, 1.807) is 7.11 Å². The molecule has 0 aliphatic carbocycles. The lowest BCUT2D eigenvalue weighted by Gasteiger charge is -2.11. The van der Waals surface area contributed by atoms with E-state index in [9.17, 15) is 5.26 Å². The zero-order valence-corrected chi connectivity index (χ0v) is 11.2. The van der Waals surface area contributed by atoms with Crippen molar-refractivity contribution in [2.75, 3.05) is 7.11 Å². The minimum Gasteiger partial charge on any atom is -0.691 e. The number of ether oxygens (including phenoxy) is 1. The van der Waals surface area contributed by atoms with E-state index in [4.69, 9.17) is 4.74 Å². The molecular formula is C11H8BrO4S-. The highest BCUT2D eigenvalue weighted by Gasteiger charge is 2.10. The Bertz CT molecular complexity index is 532. The lowest BCUT2D eigenvalue weighted by molar-refractivity contribution is -0.777. The second-order valence-electron chi connectivity index (χ2n) is 3.18. The van der Waals surface area contributed by atoms with Crippen LogP contribution in [0.5, 0.6) is 5.75 Å². The fourth-order valence-electron chi connectivity index (χ4n) is 1.55. The third-order valence-corrected chi connectivity index (χ3v) is 3.47. The summed E-state index contributed by atoms with van der Waals surface area (Å²) in [4.78, 5) is 0.702. The van der Waals surface area contributed by atoms with E-state index in [0.717, 1.165) is 27.3 Å². The summed E-state index contributed by atoms with van der Waals surface area (Å²) >= 11 is 4.23. The van der Waals surface area contributed by atoms with Gasteiger partial charge in [0.25, 0.3) is 0 Å². The molecule has 4 nitrogen and oxygen atoms in total. The minimum absolute atomic E-state index is 0.627. The van der Waals surface area contributed by atoms with Crippen LogP contribution < -0.4 is 9.99 Å². The summed E-state index contributed by atoms with van der Waals surface area (Å²) in [5, 5.41) is 15.2. The van der Waals surface area contributed by atoms with Crippen molar-refractivity contribution in [3.8, 4) is 5.75 Å². The van der Waals surface area contributed by atoms with Crippen LogP contribution in [-0.2, 0) is 9.37 Å². The average Bonchev–Trinajstić information content (AvgIpc) is 2.35. The van der Waals surface area contributed by atoms with Crippen molar-refractivity contribution in [3.63, 3.8) is 0 Å². The third-order valence-electron chi connectivity index (χ3n) is 2.26. The van der Waals surface area contributed by atoms with Gasteiger partial charge in [0.05, 0.1) is 24.0 Å². The summed E-state index contributed by atoms with van der Waals surface area (Å²) in [5.74, 6) is 0.627. The monoisotopic (exact) mass is 315 g/mol. The van der Waals surface area contributed by atoms with Crippen molar-refractivity contribution in [1.29, 1.82) is 0 Å². The molecule has 0 N–H and O–H groups in total. The maximum atomic E-state index is 9.90. The van der Waals surface area contributed by atoms with E-state index in [2.05, 4.69) is 25.3 Å². The Kier molecular flexibility index (Phi) is 4.25. The summed E-state index contributed by atoms with van der Waals surface area (Å²) in [6.07, 6.45) is 0. The van der Waals surface area contributed by atoms with Gasteiger partial charge in [-0.3, -0.25) is 5.04 Å². The molecule has 90 valence electrons. The Morgan fingerprint density at radius 2 is 2.06 bits per heavy atom.